The smallest absolute Gasteiger partial charge is 0.290 e. The third kappa shape index (κ3) is 2.27. The zero-order valence-electron chi connectivity index (χ0n) is 8.97. The monoisotopic (exact) mass is 223 g/mol. The zero-order valence-corrected chi connectivity index (χ0v) is 8.97. The molecule has 1 fully saturated rings. The number of pyridine rings is 1. The van der Waals surface area contributed by atoms with Gasteiger partial charge in [0.15, 0.2) is 0 Å². The van der Waals surface area contributed by atoms with Crippen LogP contribution in [-0.2, 0) is 0 Å². The van der Waals surface area contributed by atoms with Gasteiger partial charge >= 0.3 is 0 Å². The summed E-state index contributed by atoms with van der Waals surface area (Å²) in [5.41, 5.74) is 0.408. The van der Waals surface area contributed by atoms with Gasteiger partial charge in [-0.3, -0.25) is 10.1 Å². The Morgan fingerprint density at radius 2 is 2.44 bits per heavy atom. The molecule has 1 aromatic heterocycles. The third-order valence-electron chi connectivity index (χ3n) is 2.53. The van der Waals surface area contributed by atoms with Crippen molar-refractivity contribution in [3.05, 3.63) is 27.9 Å². The Labute approximate surface area is 92.8 Å². The van der Waals surface area contributed by atoms with Gasteiger partial charge in [0, 0.05) is 18.7 Å². The van der Waals surface area contributed by atoms with Crippen LogP contribution in [0.25, 0.3) is 0 Å². The van der Waals surface area contributed by atoms with Crippen molar-refractivity contribution in [3.63, 3.8) is 0 Å². The van der Waals surface area contributed by atoms with Crippen molar-refractivity contribution < 1.29 is 9.66 Å². The molecule has 6 heteroatoms. The maximum atomic E-state index is 10.6. The second kappa shape index (κ2) is 4.44. The van der Waals surface area contributed by atoms with E-state index < -0.39 is 4.92 Å². The lowest BCUT2D eigenvalue weighted by Gasteiger charge is -2.11. The predicted octanol–water partition coefficient (Wildman–Crippen LogP) is 1.04. The van der Waals surface area contributed by atoms with Crippen LogP contribution in [-0.4, -0.2) is 29.1 Å². The second-order valence-electron chi connectivity index (χ2n) is 3.74. The highest BCUT2D eigenvalue weighted by molar-refractivity contribution is 5.36. The normalized spacial score (nSPS) is 19.7. The Kier molecular flexibility index (Phi) is 3.00. The molecule has 0 aliphatic carbocycles. The summed E-state index contributed by atoms with van der Waals surface area (Å²) >= 11 is 0. The standard InChI is InChI=1S/C10H13N3O3/c1-7-9(13(14)15)2-3-10(12-7)16-8-4-5-11-6-8/h2-3,8,11H,4-6H2,1H3. The topological polar surface area (TPSA) is 77.3 Å². The number of aromatic nitrogens is 1. The van der Waals surface area contributed by atoms with E-state index in [0.29, 0.717) is 11.6 Å². The average Bonchev–Trinajstić information content (AvgIpc) is 2.70. The highest BCUT2D eigenvalue weighted by Crippen LogP contribution is 2.20. The van der Waals surface area contributed by atoms with E-state index in [1.807, 2.05) is 0 Å². The molecule has 0 aromatic carbocycles. The van der Waals surface area contributed by atoms with E-state index in [1.54, 1.807) is 13.0 Å². The van der Waals surface area contributed by atoms with Gasteiger partial charge in [-0.15, -0.1) is 0 Å². The van der Waals surface area contributed by atoms with Crippen LogP contribution in [0.3, 0.4) is 0 Å². The largest absolute Gasteiger partial charge is 0.473 e. The fraction of sp³-hybridized carbons (Fsp3) is 0.500. The van der Waals surface area contributed by atoms with E-state index in [9.17, 15) is 10.1 Å². The molecule has 0 amide bonds. The molecule has 1 aliphatic rings. The third-order valence-corrected chi connectivity index (χ3v) is 2.53. The molecule has 1 N–H and O–H groups in total. The van der Waals surface area contributed by atoms with Crippen LogP contribution >= 0.6 is 0 Å². The molecular formula is C10H13N3O3. The van der Waals surface area contributed by atoms with Crippen LogP contribution in [0.15, 0.2) is 12.1 Å². The fourth-order valence-electron chi connectivity index (χ4n) is 1.69. The van der Waals surface area contributed by atoms with E-state index in [4.69, 9.17) is 4.74 Å². The van der Waals surface area contributed by atoms with Crippen LogP contribution in [0.4, 0.5) is 5.69 Å². The number of ether oxygens (including phenoxy) is 1. The lowest BCUT2D eigenvalue weighted by atomic mass is 10.3. The molecule has 1 aliphatic heterocycles. The van der Waals surface area contributed by atoms with E-state index >= 15 is 0 Å². The summed E-state index contributed by atoms with van der Waals surface area (Å²) < 4.78 is 5.59. The predicted molar refractivity (Wildman–Crippen MR) is 57.5 cm³/mol. The first-order valence-electron chi connectivity index (χ1n) is 5.16. The Morgan fingerprint density at radius 3 is 3.00 bits per heavy atom. The van der Waals surface area contributed by atoms with Gasteiger partial charge in [-0.25, -0.2) is 4.98 Å². The number of nitrogens with zero attached hydrogens (tertiary/aromatic N) is 2. The summed E-state index contributed by atoms with van der Waals surface area (Å²) in [6.45, 7) is 3.35. The van der Waals surface area contributed by atoms with Crippen molar-refractivity contribution in [3.8, 4) is 5.88 Å². The minimum Gasteiger partial charge on any atom is -0.473 e. The van der Waals surface area contributed by atoms with E-state index in [1.165, 1.54) is 6.07 Å². The summed E-state index contributed by atoms with van der Waals surface area (Å²) in [4.78, 5) is 14.2. The molecule has 16 heavy (non-hydrogen) atoms. The molecular weight excluding hydrogens is 210 g/mol. The molecule has 1 saturated heterocycles. The highest BCUT2D eigenvalue weighted by atomic mass is 16.6. The summed E-state index contributed by atoms with van der Waals surface area (Å²) in [7, 11) is 0. The van der Waals surface area contributed by atoms with Crippen LogP contribution in [0.1, 0.15) is 12.1 Å². The van der Waals surface area contributed by atoms with E-state index in [2.05, 4.69) is 10.3 Å². The molecule has 1 unspecified atom stereocenters. The Hall–Kier alpha value is -1.69. The molecule has 6 nitrogen and oxygen atoms in total. The number of hydrogen-bond donors (Lipinski definition) is 1. The lowest BCUT2D eigenvalue weighted by molar-refractivity contribution is -0.385. The molecule has 1 aromatic rings. The SMILES string of the molecule is Cc1nc(OC2CCNC2)ccc1[N+](=O)[O-]. The van der Waals surface area contributed by atoms with Crippen LogP contribution in [0.2, 0.25) is 0 Å². The van der Waals surface area contributed by atoms with Gasteiger partial charge < -0.3 is 10.1 Å². The van der Waals surface area contributed by atoms with Crippen molar-refractivity contribution in [2.45, 2.75) is 19.4 Å². The van der Waals surface area contributed by atoms with E-state index in [-0.39, 0.29) is 11.8 Å². The molecule has 0 radical (unpaired) electrons. The lowest BCUT2D eigenvalue weighted by Crippen LogP contribution is -2.20. The molecule has 0 spiro atoms. The minimum absolute atomic E-state index is 0.0249. The molecule has 2 heterocycles. The van der Waals surface area contributed by atoms with Crippen molar-refractivity contribution in [2.24, 2.45) is 0 Å². The van der Waals surface area contributed by atoms with Crippen LogP contribution in [0.5, 0.6) is 5.88 Å². The maximum Gasteiger partial charge on any atom is 0.290 e. The first kappa shape index (κ1) is 10.8. The maximum absolute atomic E-state index is 10.6. The number of nitrogens with one attached hydrogen (secondary N) is 1. The van der Waals surface area contributed by atoms with Gasteiger partial charge in [-0.1, -0.05) is 0 Å². The van der Waals surface area contributed by atoms with Gasteiger partial charge in [-0.2, -0.15) is 0 Å². The summed E-state index contributed by atoms with van der Waals surface area (Å²) in [5.74, 6) is 0.455. The summed E-state index contributed by atoms with van der Waals surface area (Å²) in [5, 5.41) is 13.8. The molecule has 86 valence electrons. The summed E-state index contributed by atoms with van der Waals surface area (Å²) in [6, 6.07) is 2.98. The average molecular weight is 223 g/mol. The molecule has 0 saturated carbocycles. The van der Waals surface area contributed by atoms with Gasteiger partial charge in [0.25, 0.3) is 5.69 Å². The van der Waals surface area contributed by atoms with Crippen molar-refractivity contribution >= 4 is 5.69 Å². The Balaban J connectivity index is 2.11. The highest BCUT2D eigenvalue weighted by Gasteiger charge is 2.18. The molecule has 0 bridgehead atoms. The number of nitro groups is 1. The van der Waals surface area contributed by atoms with Gasteiger partial charge in [-0.05, 0) is 19.9 Å². The molecule has 2 rings (SSSR count). The van der Waals surface area contributed by atoms with Gasteiger partial charge in [0.05, 0.1) is 4.92 Å². The van der Waals surface area contributed by atoms with Crippen molar-refractivity contribution in [1.29, 1.82) is 0 Å². The Bertz CT molecular complexity index is 402. The molecule has 1 atom stereocenters. The van der Waals surface area contributed by atoms with Crippen molar-refractivity contribution in [1.82, 2.24) is 10.3 Å². The van der Waals surface area contributed by atoms with E-state index in [0.717, 1.165) is 19.5 Å². The van der Waals surface area contributed by atoms with Crippen LogP contribution < -0.4 is 10.1 Å². The minimum atomic E-state index is -0.441. The summed E-state index contributed by atoms with van der Waals surface area (Å²) in [6.07, 6.45) is 1.06. The van der Waals surface area contributed by atoms with Crippen LogP contribution in [0, 0.1) is 17.0 Å². The fourth-order valence-corrected chi connectivity index (χ4v) is 1.69. The first-order chi connectivity index (χ1) is 7.66. The number of aryl methyl sites for hydroxylation is 1. The zero-order chi connectivity index (χ0) is 11.5. The van der Waals surface area contributed by atoms with Crippen molar-refractivity contribution in [2.75, 3.05) is 13.1 Å². The number of rotatable bonds is 3. The van der Waals surface area contributed by atoms with Gasteiger partial charge in [0.1, 0.15) is 11.8 Å². The Morgan fingerprint density at radius 1 is 1.62 bits per heavy atom. The quantitative estimate of drug-likeness (QED) is 0.612. The number of hydrogen-bond acceptors (Lipinski definition) is 5. The van der Waals surface area contributed by atoms with Gasteiger partial charge in [0.2, 0.25) is 5.88 Å². The first-order valence-corrected chi connectivity index (χ1v) is 5.16. The second-order valence-corrected chi connectivity index (χ2v) is 3.74.